The first kappa shape index (κ1) is 19.7. The summed E-state index contributed by atoms with van der Waals surface area (Å²) in [5.74, 6) is -0.336. The summed E-state index contributed by atoms with van der Waals surface area (Å²) in [5, 5.41) is 13.5. The molecule has 1 aliphatic carbocycles. The van der Waals surface area contributed by atoms with Gasteiger partial charge in [0.2, 0.25) is 5.91 Å². The van der Waals surface area contributed by atoms with Gasteiger partial charge >= 0.3 is 0 Å². The number of hydrogen-bond acceptors (Lipinski definition) is 6. The van der Waals surface area contributed by atoms with Gasteiger partial charge in [-0.1, -0.05) is 30.3 Å². The molecule has 3 aromatic heterocycles. The Hall–Kier alpha value is -3.28. The minimum Gasteiger partial charge on any atom is -0.315 e. The number of thiophene rings is 2. The number of rotatable bonds is 4. The summed E-state index contributed by atoms with van der Waals surface area (Å²) in [5.41, 5.74) is 2.42. The third-order valence-electron chi connectivity index (χ3n) is 5.43. The van der Waals surface area contributed by atoms with E-state index in [4.69, 9.17) is 0 Å². The van der Waals surface area contributed by atoms with Crippen LogP contribution in [0.5, 0.6) is 0 Å². The molecular weight excluding hydrogens is 428 g/mol. The van der Waals surface area contributed by atoms with E-state index in [9.17, 15) is 14.9 Å². The van der Waals surface area contributed by atoms with Crippen LogP contribution in [0.1, 0.15) is 28.8 Å². The van der Waals surface area contributed by atoms with Crippen LogP contribution < -0.4 is 10.9 Å². The van der Waals surface area contributed by atoms with Crippen molar-refractivity contribution in [3.05, 3.63) is 69.1 Å². The topological polar surface area (TPSA) is 87.8 Å². The molecule has 0 fully saturated rings. The molecule has 1 aromatic carbocycles. The van der Waals surface area contributed by atoms with Crippen LogP contribution in [0.3, 0.4) is 0 Å². The quantitative estimate of drug-likeness (QED) is 0.497. The number of fused-ring (bicyclic) bond motifs is 2. The van der Waals surface area contributed by atoms with Gasteiger partial charge < -0.3 is 5.32 Å². The van der Waals surface area contributed by atoms with Gasteiger partial charge in [0.15, 0.2) is 0 Å². The van der Waals surface area contributed by atoms with E-state index >= 15 is 0 Å². The van der Waals surface area contributed by atoms with E-state index in [0.29, 0.717) is 20.8 Å². The SMILES string of the molecule is N#Cc1c(NC(=O)Cn2cnc3sc(-c4ccccc4)cc3c2=O)sc2c1CCCC2. The summed E-state index contributed by atoms with van der Waals surface area (Å²) >= 11 is 2.93. The highest BCUT2D eigenvalue weighted by Crippen LogP contribution is 2.37. The molecule has 5 rings (SSSR count). The summed E-state index contributed by atoms with van der Waals surface area (Å²) < 4.78 is 1.32. The zero-order valence-electron chi connectivity index (χ0n) is 16.6. The van der Waals surface area contributed by atoms with Crippen molar-refractivity contribution < 1.29 is 4.79 Å². The standard InChI is InChI=1S/C23H18N4O2S2/c24-11-17-15-8-4-5-9-18(15)30-22(17)26-20(28)12-27-13-25-21-16(23(27)29)10-19(31-21)14-6-2-1-3-7-14/h1-3,6-7,10,13H,4-5,8-9,12H2,(H,26,28). The third kappa shape index (κ3) is 3.67. The Morgan fingerprint density at radius 3 is 2.81 bits per heavy atom. The fourth-order valence-corrected chi connectivity index (χ4v) is 6.16. The molecule has 0 unspecified atom stereocenters. The number of aryl methyl sites for hydroxylation is 1. The largest absolute Gasteiger partial charge is 0.315 e. The van der Waals surface area contributed by atoms with E-state index in [2.05, 4.69) is 16.4 Å². The highest BCUT2D eigenvalue weighted by Gasteiger charge is 2.22. The van der Waals surface area contributed by atoms with Crippen LogP contribution in [0, 0.1) is 11.3 Å². The highest BCUT2D eigenvalue weighted by atomic mass is 32.1. The van der Waals surface area contributed by atoms with Crippen molar-refractivity contribution >= 4 is 43.8 Å². The fourth-order valence-electron chi connectivity index (χ4n) is 3.91. The van der Waals surface area contributed by atoms with Crippen molar-refractivity contribution in [1.82, 2.24) is 9.55 Å². The molecule has 31 heavy (non-hydrogen) atoms. The van der Waals surface area contributed by atoms with E-state index in [1.807, 2.05) is 36.4 Å². The van der Waals surface area contributed by atoms with Crippen LogP contribution in [0.2, 0.25) is 0 Å². The van der Waals surface area contributed by atoms with Crippen LogP contribution in [-0.4, -0.2) is 15.5 Å². The number of amides is 1. The number of benzene rings is 1. The maximum atomic E-state index is 12.9. The molecule has 0 atom stereocenters. The summed E-state index contributed by atoms with van der Waals surface area (Å²) in [6.07, 6.45) is 5.43. The normalized spacial score (nSPS) is 13.0. The van der Waals surface area contributed by atoms with Gasteiger partial charge in [-0.05, 0) is 42.9 Å². The molecule has 0 saturated heterocycles. The molecule has 0 bridgehead atoms. The van der Waals surface area contributed by atoms with E-state index < -0.39 is 0 Å². The van der Waals surface area contributed by atoms with E-state index in [0.717, 1.165) is 41.7 Å². The third-order valence-corrected chi connectivity index (χ3v) is 7.73. The predicted molar refractivity (Wildman–Crippen MR) is 124 cm³/mol. The number of nitriles is 1. The Labute approximate surface area is 186 Å². The van der Waals surface area contributed by atoms with Crippen LogP contribution in [0.25, 0.3) is 20.7 Å². The molecule has 6 nitrogen and oxygen atoms in total. The van der Waals surface area contributed by atoms with Crippen molar-refractivity contribution in [3.8, 4) is 16.5 Å². The minimum absolute atomic E-state index is 0.147. The molecule has 1 N–H and O–H groups in total. The van der Waals surface area contributed by atoms with Gasteiger partial charge in [-0.3, -0.25) is 14.2 Å². The molecule has 0 spiro atoms. The van der Waals surface area contributed by atoms with Gasteiger partial charge in [-0.25, -0.2) is 4.98 Å². The molecule has 1 aliphatic rings. The van der Waals surface area contributed by atoms with Crippen LogP contribution >= 0.6 is 22.7 Å². The first-order chi connectivity index (χ1) is 15.1. The summed E-state index contributed by atoms with van der Waals surface area (Å²) in [6.45, 7) is -0.147. The summed E-state index contributed by atoms with van der Waals surface area (Å²) in [7, 11) is 0. The lowest BCUT2D eigenvalue weighted by atomic mass is 9.96. The van der Waals surface area contributed by atoms with Crippen molar-refractivity contribution in [3.63, 3.8) is 0 Å². The molecule has 4 aromatic rings. The summed E-state index contributed by atoms with van der Waals surface area (Å²) in [4.78, 5) is 32.8. The number of hydrogen-bond donors (Lipinski definition) is 1. The van der Waals surface area contributed by atoms with Crippen LogP contribution in [0.4, 0.5) is 5.00 Å². The second-order valence-corrected chi connectivity index (χ2v) is 9.58. The van der Waals surface area contributed by atoms with Gasteiger partial charge in [-0.2, -0.15) is 5.26 Å². The van der Waals surface area contributed by atoms with Gasteiger partial charge in [-0.15, -0.1) is 22.7 Å². The number of carbonyl (C=O) groups excluding carboxylic acids is 1. The Bertz CT molecular complexity index is 1390. The van der Waals surface area contributed by atoms with Crippen molar-refractivity contribution in [2.75, 3.05) is 5.32 Å². The lowest BCUT2D eigenvalue weighted by molar-refractivity contribution is -0.116. The predicted octanol–water partition coefficient (Wildman–Crippen LogP) is 4.58. The first-order valence-electron chi connectivity index (χ1n) is 10.0. The molecule has 154 valence electrons. The van der Waals surface area contributed by atoms with Gasteiger partial charge in [0, 0.05) is 9.75 Å². The smallest absolute Gasteiger partial charge is 0.262 e. The second kappa shape index (κ2) is 8.10. The number of anilines is 1. The van der Waals surface area contributed by atoms with E-state index in [1.165, 1.54) is 38.4 Å². The molecule has 0 saturated carbocycles. The first-order valence-corrected chi connectivity index (χ1v) is 11.7. The minimum atomic E-state index is -0.336. The van der Waals surface area contributed by atoms with Gasteiger partial charge in [0.25, 0.3) is 5.56 Å². The van der Waals surface area contributed by atoms with Crippen molar-refractivity contribution in [1.29, 1.82) is 5.26 Å². The van der Waals surface area contributed by atoms with Crippen molar-refractivity contribution in [2.45, 2.75) is 32.2 Å². The number of carbonyl (C=O) groups is 1. The molecular formula is C23H18N4O2S2. The Morgan fingerprint density at radius 1 is 1.19 bits per heavy atom. The zero-order valence-corrected chi connectivity index (χ0v) is 18.2. The average Bonchev–Trinajstić information content (AvgIpc) is 3.38. The van der Waals surface area contributed by atoms with Gasteiger partial charge in [0.1, 0.15) is 22.4 Å². The molecule has 1 amide bonds. The Kier molecular flexibility index (Phi) is 5.14. The molecule has 0 aliphatic heterocycles. The van der Waals surface area contributed by atoms with Gasteiger partial charge in [0.05, 0.1) is 17.3 Å². The monoisotopic (exact) mass is 446 g/mol. The summed E-state index contributed by atoms with van der Waals surface area (Å²) in [6, 6.07) is 13.9. The fraction of sp³-hybridized carbons (Fsp3) is 0.217. The Morgan fingerprint density at radius 2 is 2.00 bits per heavy atom. The zero-order chi connectivity index (χ0) is 21.4. The maximum Gasteiger partial charge on any atom is 0.262 e. The Balaban J connectivity index is 1.40. The molecule has 0 radical (unpaired) electrons. The lowest BCUT2D eigenvalue weighted by Gasteiger charge is -2.09. The number of aromatic nitrogens is 2. The van der Waals surface area contributed by atoms with E-state index in [1.54, 1.807) is 0 Å². The van der Waals surface area contributed by atoms with Crippen LogP contribution in [-0.2, 0) is 24.2 Å². The number of nitrogens with zero attached hydrogens (tertiary/aromatic N) is 3. The van der Waals surface area contributed by atoms with Crippen molar-refractivity contribution in [2.24, 2.45) is 0 Å². The second-order valence-electron chi connectivity index (χ2n) is 7.45. The maximum absolute atomic E-state index is 12.9. The average molecular weight is 447 g/mol. The molecule has 3 heterocycles. The van der Waals surface area contributed by atoms with Crippen LogP contribution in [0.15, 0.2) is 47.5 Å². The highest BCUT2D eigenvalue weighted by molar-refractivity contribution is 7.21. The molecule has 8 heteroatoms. The number of nitrogens with one attached hydrogen (secondary N) is 1. The van der Waals surface area contributed by atoms with E-state index in [-0.39, 0.29) is 18.0 Å². The lowest BCUT2D eigenvalue weighted by Crippen LogP contribution is -2.27.